The van der Waals surface area contributed by atoms with Gasteiger partial charge in [-0.15, -0.1) is 0 Å². The molecule has 0 aliphatic heterocycles. The first-order valence-electron chi connectivity index (χ1n) is 7.54. The number of amides is 2. The van der Waals surface area contributed by atoms with Gasteiger partial charge in [-0.3, -0.25) is 4.79 Å². The Balaban J connectivity index is 1.92. The van der Waals surface area contributed by atoms with Crippen LogP contribution < -0.4 is 10.6 Å². The number of benzene rings is 2. The Morgan fingerprint density at radius 1 is 1.08 bits per heavy atom. The summed E-state index contributed by atoms with van der Waals surface area (Å²) in [5, 5.41) is 14.7. The van der Waals surface area contributed by atoms with E-state index >= 15 is 0 Å². The number of carbonyl (C=O) groups excluding carboxylic acids is 2. The molecule has 2 rings (SSSR count). The van der Waals surface area contributed by atoms with Crippen LogP contribution in [0.4, 0.5) is 10.5 Å². The maximum Gasteiger partial charge on any atom is 0.319 e. The maximum absolute atomic E-state index is 11.9. The van der Waals surface area contributed by atoms with Crippen LogP contribution in [0.15, 0.2) is 54.6 Å². The molecule has 0 heterocycles. The number of aromatic hydroxyl groups is 1. The van der Waals surface area contributed by atoms with Crippen molar-refractivity contribution in [3.8, 4) is 5.75 Å². The number of anilines is 1. The maximum atomic E-state index is 11.9. The zero-order valence-electron chi connectivity index (χ0n) is 13.4. The fourth-order valence-electron chi connectivity index (χ4n) is 2.23. The fraction of sp³-hybridized carbons (Fsp3) is 0.222. The quantitative estimate of drug-likeness (QED) is 0.711. The van der Waals surface area contributed by atoms with Crippen LogP contribution in [0.3, 0.4) is 0 Å². The number of carbonyl (C=O) groups is 2. The van der Waals surface area contributed by atoms with Gasteiger partial charge in [-0.2, -0.15) is 0 Å². The molecule has 0 aromatic heterocycles. The molecule has 2 aromatic carbocycles. The molecule has 2 amide bonds. The second-order valence-electron chi connectivity index (χ2n) is 5.29. The Kier molecular flexibility index (Phi) is 6.19. The molecule has 2 aromatic rings. The number of rotatable bonds is 6. The van der Waals surface area contributed by atoms with Crippen molar-refractivity contribution >= 4 is 17.7 Å². The van der Waals surface area contributed by atoms with Gasteiger partial charge in [0.15, 0.2) is 0 Å². The van der Waals surface area contributed by atoms with Crippen LogP contribution in [0.25, 0.3) is 0 Å². The molecule has 0 aliphatic rings. The number of urea groups is 1. The predicted molar refractivity (Wildman–Crippen MR) is 90.8 cm³/mol. The second-order valence-corrected chi connectivity index (χ2v) is 5.29. The lowest BCUT2D eigenvalue weighted by atomic mass is 9.99. The van der Waals surface area contributed by atoms with Crippen molar-refractivity contribution in [2.45, 2.75) is 6.42 Å². The van der Waals surface area contributed by atoms with E-state index in [2.05, 4.69) is 10.6 Å². The molecule has 0 spiro atoms. The monoisotopic (exact) mass is 328 g/mol. The van der Waals surface area contributed by atoms with Gasteiger partial charge in [-0.25, -0.2) is 4.79 Å². The number of ether oxygens (including phenoxy) is 1. The Morgan fingerprint density at radius 2 is 1.75 bits per heavy atom. The first kappa shape index (κ1) is 17.3. The Hall–Kier alpha value is -3.02. The molecular formula is C18H20N2O4. The highest BCUT2D eigenvalue weighted by atomic mass is 16.5. The van der Waals surface area contributed by atoms with Gasteiger partial charge in [0.2, 0.25) is 0 Å². The summed E-state index contributed by atoms with van der Waals surface area (Å²) in [5.74, 6) is -0.752. The topological polar surface area (TPSA) is 87.7 Å². The summed E-state index contributed by atoms with van der Waals surface area (Å²) in [6, 6.07) is 15.2. The predicted octanol–water partition coefficient (Wildman–Crippen LogP) is 2.55. The molecule has 1 atom stereocenters. The van der Waals surface area contributed by atoms with Crippen LogP contribution >= 0.6 is 0 Å². The molecule has 0 aliphatic carbocycles. The number of hydrogen-bond donors (Lipinski definition) is 3. The lowest BCUT2D eigenvalue weighted by molar-refractivity contribution is -0.145. The van der Waals surface area contributed by atoms with E-state index in [0.717, 1.165) is 5.56 Å². The number of esters is 1. The van der Waals surface area contributed by atoms with Crippen molar-refractivity contribution in [3.05, 3.63) is 60.2 Å². The van der Waals surface area contributed by atoms with Crippen LogP contribution in [0.5, 0.6) is 5.75 Å². The zero-order chi connectivity index (χ0) is 17.4. The van der Waals surface area contributed by atoms with Gasteiger partial charge in [0.05, 0.1) is 13.0 Å². The number of para-hydroxylation sites is 1. The summed E-state index contributed by atoms with van der Waals surface area (Å²) < 4.78 is 4.80. The normalized spacial score (nSPS) is 11.4. The van der Waals surface area contributed by atoms with Crippen LogP contribution in [0.2, 0.25) is 0 Å². The largest absolute Gasteiger partial charge is 0.508 e. The molecule has 0 fully saturated rings. The van der Waals surface area contributed by atoms with E-state index < -0.39 is 11.9 Å². The summed E-state index contributed by atoms with van der Waals surface area (Å²) in [4.78, 5) is 23.8. The summed E-state index contributed by atoms with van der Waals surface area (Å²) >= 11 is 0. The average molecular weight is 328 g/mol. The van der Waals surface area contributed by atoms with Gasteiger partial charge in [-0.1, -0.05) is 30.3 Å². The van der Waals surface area contributed by atoms with Crippen molar-refractivity contribution in [2.75, 3.05) is 19.0 Å². The number of nitrogens with one attached hydrogen (secondary N) is 2. The van der Waals surface area contributed by atoms with Crippen LogP contribution in [0, 0.1) is 5.92 Å². The minimum atomic E-state index is -0.513. The van der Waals surface area contributed by atoms with Crippen molar-refractivity contribution in [1.29, 1.82) is 0 Å². The van der Waals surface area contributed by atoms with Gasteiger partial charge in [-0.05, 0) is 36.2 Å². The van der Waals surface area contributed by atoms with Gasteiger partial charge < -0.3 is 20.5 Å². The molecular weight excluding hydrogens is 308 g/mol. The molecule has 0 radical (unpaired) electrons. The Bertz CT molecular complexity index is 671. The van der Waals surface area contributed by atoms with Gasteiger partial charge >= 0.3 is 12.0 Å². The third-order valence-corrected chi connectivity index (χ3v) is 3.49. The van der Waals surface area contributed by atoms with Crippen molar-refractivity contribution in [2.24, 2.45) is 5.92 Å². The average Bonchev–Trinajstić information content (AvgIpc) is 2.60. The van der Waals surface area contributed by atoms with Gasteiger partial charge in [0.25, 0.3) is 0 Å². The molecule has 6 nitrogen and oxygen atoms in total. The highest BCUT2D eigenvalue weighted by Gasteiger charge is 2.20. The van der Waals surface area contributed by atoms with Gasteiger partial charge in [0.1, 0.15) is 5.75 Å². The SMILES string of the molecule is COC(=O)C(CNC(=O)Nc1ccccc1)Cc1ccc(O)cc1. The third-order valence-electron chi connectivity index (χ3n) is 3.49. The van der Waals surface area contributed by atoms with E-state index in [1.165, 1.54) is 7.11 Å². The van der Waals surface area contributed by atoms with E-state index in [9.17, 15) is 14.7 Å². The number of phenols is 1. The van der Waals surface area contributed by atoms with E-state index in [0.29, 0.717) is 12.1 Å². The molecule has 0 saturated heterocycles. The van der Waals surface area contributed by atoms with Crippen molar-refractivity contribution in [3.63, 3.8) is 0 Å². The van der Waals surface area contributed by atoms with Crippen molar-refractivity contribution in [1.82, 2.24) is 5.32 Å². The molecule has 24 heavy (non-hydrogen) atoms. The lowest BCUT2D eigenvalue weighted by Gasteiger charge is -2.16. The summed E-state index contributed by atoms with van der Waals surface area (Å²) in [6.07, 6.45) is 0.401. The zero-order valence-corrected chi connectivity index (χ0v) is 13.4. The van der Waals surface area contributed by atoms with E-state index in [1.807, 2.05) is 18.2 Å². The number of methoxy groups -OCH3 is 1. The van der Waals surface area contributed by atoms with Crippen molar-refractivity contribution < 1.29 is 19.4 Å². The summed E-state index contributed by atoms with van der Waals surface area (Å²) in [5.41, 5.74) is 1.54. The Morgan fingerprint density at radius 3 is 2.38 bits per heavy atom. The standard InChI is InChI=1S/C18H20N2O4/c1-24-17(22)14(11-13-7-9-16(21)10-8-13)12-19-18(23)20-15-5-3-2-4-6-15/h2-10,14,21H,11-12H2,1H3,(H2,19,20,23). The summed E-state index contributed by atoms with van der Waals surface area (Å²) in [7, 11) is 1.32. The summed E-state index contributed by atoms with van der Waals surface area (Å²) in [6.45, 7) is 0.145. The number of phenolic OH excluding ortho intramolecular Hbond substituents is 1. The third kappa shape index (κ3) is 5.31. The van der Waals surface area contributed by atoms with E-state index in [4.69, 9.17) is 4.74 Å². The molecule has 6 heteroatoms. The smallest absolute Gasteiger partial charge is 0.319 e. The minimum Gasteiger partial charge on any atom is -0.508 e. The van der Waals surface area contributed by atoms with E-state index in [1.54, 1.807) is 36.4 Å². The molecule has 0 saturated carbocycles. The first-order valence-corrected chi connectivity index (χ1v) is 7.54. The van der Waals surface area contributed by atoms with Gasteiger partial charge in [0, 0.05) is 12.2 Å². The second kappa shape index (κ2) is 8.57. The molecule has 0 bridgehead atoms. The van der Waals surface area contributed by atoms with Crippen LogP contribution in [0.1, 0.15) is 5.56 Å². The molecule has 1 unspecified atom stereocenters. The first-order chi connectivity index (χ1) is 11.6. The Labute approximate surface area is 140 Å². The van der Waals surface area contributed by atoms with Crippen LogP contribution in [-0.4, -0.2) is 30.8 Å². The lowest BCUT2D eigenvalue weighted by Crippen LogP contribution is -2.37. The fourth-order valence-corrected chi connectivity index (χ4v) is 2.23. The minimum absolute atomic E-state index is 0.145. The number of hydrogen-bond acceptors (Lipinski definition) is 4. The highest BCUT2D eigenvalue weighted by Crippen LogP contribution is 2.14. The van der Waals surface area contributed by atoms with Crippen LogP contribution in [-0.2, 0) is 16.0 Å². The highest BCUT2D eigenvalue weighted by molar-refractivity contribution is 5.89. The molecule has 126 valence electrons. The van der Waals surface area contributed by atoms with E-state index in [-0.39, 0.29) is 18.3 Å². The molecule has 3 N–H and O–H groups in total.